The number of hydrogen-bond acceptors (Lipinski definition) is 8. The number of carbonyl (C=O) groups is 1. The molecule has 0 aromatic heterocycles. The molecule has 0 rings (SSSR count). The van der Waals surface area contributed by atoms with Crippen molar-refractivity contribution in [1.82, 2.24) is 4.90 Å². The van der Waals surface area contributed by atoms with E-state index in [2.05, 4.69) is 19.1 Å². The summed E-state index contributed by atoms with van der Waals surface area (Å²) in [6.07, 6.45) is 26.8. The fraction of sp³-hybridized carbons (Fsp3) is 0.917. The Kier molecular flexibility index (Phi) is 27.8. The molecule has 3 atom stereocenters. The maximum absolute atomic E-state index is 12.7. The van der Waals surface area contributed by atoms with Gasteiger partial charge in [-0.25, -0.2) is 9.09 Å². The molecule has 0 aromatic carbocycles. The van der Waals surface area contributed by atoms with Gasteiger partial charge in [-0.1, -0.05) is 103 Å². The molecule has 0 fully saturated rings. The summed E-state index contributed by atoms with van der Waals surface area (Å²) in [5.74, 6) is -3.02. The van der Waals surface area contributed by atoms with Crippen molar-refractivity contribution in [2.75, 3.05) is 33.9 Å². The topological polar surface area (TPSA) is 137 Å². The van der Waals surface area contributed by atoms with Crippen LogP contribution >= 0.6 is 7.82 Å². The number of allylic oxidation sites excluding steroid dienone is 2. The number of aliphatic hydroxyl groups is 3. The lowest BCUT2D eigenvalue weighted by atomic mass is 9.89. The van der Waals surface area contributed by atoms with Crippen molar-refractivity contribution in [1.29, 1.82) is 0 Å². The molecule has 0 heterocycles. The van der Waals surface area contributed by atoms with Crippen LogP contribution in [0.15, 0.2) is 12.2 Å². The van der Waals surface area contributed by atoms with Gasteiger partial charge in [-0.2, -0.15) is 0 Å². The number of unbranched alkanes of at least 4 members (excludes halogenated alkanes) is 15. The smallest absolute Gasteiger partial charge is 0.396 e. The number of nitrogens with zero attached hydrogens (tertiary/aromatic N) is 1. The van der Waals surface area contributed by atoms with Crippen molar-refractivity contribution < 1.29 is 38.6 Å². The lowest BCUT2D eigenvalue weighted by Crippen LogP contribution is -2.40. The van der Waals surface area contributed by atoms with Gasteiger partial charge in [-0.15, -0.1) is 0 Å². The number of Topliss-reactive ketones (excluding diaryl/α,β-unsaturated/α-hetero) is 1. The number of hydrogen-bond donors (Lipinski definition) is 4. The minimum atomic E-state index is -4.76. The maximum atomic E-state index is 12.7. The maximum Gasteiger partial charge on any atom is 0.475 e. The molecule has 46 heavy (non-hydrogen) atoms. The molecular weight excluding hydrogens is 605 g/mol. The second kappa shape index (κ2) is 28.2. The van der Waals surface area contributed by atoms with Crippen LogP contribution in [0.25, 0.3) is 0 Å². The molecule has 0 amide bonds. The molecule has 0 spiro atoms. The van der Waals surface area contributed by atoms with E-state index >= 15 is 0 Å². The molecule has 4 N–H and O–H groups in total. The van der Waals surface area contributed by atoms with Gasteiger partial charge in [0.2, 0.25) is 5.79 Å². The monoisotopic (exact) mass is 677 g/mol. The number of ketones is 1. The molecule has 0 saturated heterocycles. The summed E-state index contributed by atoms with van der Waals surface area (Å²) in [5.41, 5.74) is -1.17. The lowest BCUT2D eigenvalue weighted by molar-refractivity contribution is -0.179. The minimum Gasteiger partial charge on any atom is -0.396 e. The average Bonchev–Trinajstić information content (AvgIpc) is 3.00. The molecule has 0 aliphatic heterocycles. The second-order valence-corrected chi connectivity index (χ2v) is 14.8. The SMILES string of the molecule is CCCCCCCCC=CCCCCCCCCCCCC(=O)C(O)(CC)OP(=O)(O)OCCC(O)(CCCO)CCCN(C)C. The molecule has 0 saturated carbocycles. The van der Waals surface area contributed by atoms with Crippen LogP contribution in [-0.2, 0) is 18.4 Å². The van der Waals surface area contributed by atoms with E-state index in [-0.39, 0.29) is 32.5 Å². The van der Waals surface area contributed by atoms with Crippen LogP contribution in [0.3, 0.4) is 0 Å². The lowest BCUT2D eigenvalue weighted by Gasteiger charge is -2.30. The summed E-state index contributed by atoms with van der Waals surface area (Å²) in [6.45, 7) is 4.19. The third-order valence-electron chi connectivity index (χ3n) is 8.72. The standard InChI is InChI=1S/C36H72NO8P/c1-5-7-8-9-10-11-12-13-14-15-16-17-18-19-20-21-22-23-24-27-34(39)36(41,6-2)45-46(42,43)44-33-30-35(40,29-26-32-38)28-25-31-37(3)4/h13-14,38,40-41H,5-12,15-33H2,1-4H3,(H,42,43). The van der Waals surface area contributed by atoms with Crippen LogP contribution < -0.4 is 0 Å². The van der Waals surface area contributed by atoms with Gasteiger partial charge >= 0.3 is 7.82 Å². The zero-order valence-electron chi connectivity index (χ0n) is 30.1. The van der Waals surface area contributed by atoms with Gasteiger partial charge in [0.1, 0.15) is 0 Å². The number of phosphoric acid groups is 1. The van der Waals surface area contributed by atoms with E-state index in [1.807, 2.05) is 19.0 Å². The largest absolute Gasteiger partial charge is 0.475 e. The highest BCUT2D eigenvalue weighted by Gasteiger charge is 2.42. The average molecular weight is 678 g/mol. The summed E-state index contributed by atoms with van der Waals surface area (Å²) < 4.78 is 22.7. The fourth-order valence-corrected chi connectivity index (χ4v) is 6.63. The second-order valence-electron chi connectivity index (χ2n) is 13.4. The molecule has 274 valence electrons. The first-order chi connectivity index (χ1) is 21.9. The predicted molar refractivity (Wildman–Crippen MR) is 189 cm³/mol. The Morgan fingerprint density at radius 2 is 1.24 bits per heavy atom. The summed E-state index contributed by atoms with van der Waals surface area (Å²) in [4.78, 5) is 25.0. The van der Waals surface area contributed by atoms with Crippen molar-refractivity contribution in [2.45, 2.75) is 179 Å². The number of aliphatic hydroxyl groups excluding tert-OH is 1. The first kappa shape index (κ1) is 45.4. The van der Waals surface area contributed by atoms with Crippen LogP contribution in [0.4, 0.5) is 0 Å². The van der Waals surface area contributed by atoms with E-state index in [1.54, 1.807) is 0 Å². The van der Waals surface area contributed by atoms with E-state index < -0.39 is 25.0 Å². The molecule has 0 aliphatic rings. The first-order valence-corrected chi connectivity index (χ1v) is 20.0. The number of rotatable bonds is 34. The molecule has 9 nitrogen and oxygen atoms in total. The van der Waals surface area contributed by atoms with Crippen LogP contribution in [0.2, 0.25) is 0 Å². The van der Waals surface area contributed by atoms with Crippen molar-refractivity contribution >= 4 is 13.6 Å². The van der Waals surface area contributed by atoms with E-state index in [4.69, 9.17) is 9.05 Å². The molecule has 10 heteroatoms. The molecule has 0 bridgehead atoms. The van der Waals surface area contributed by atoms with Crippen molar-refractivity contribution in [3.8, 4) is 0 Å². The number of phosphoric ester groups is 1. The Morgan fingerprint density at radius 1 is 0.739 bits per heavy atom. The van der Waals surface area contributed by atoms with Crippen molar-refractivity contribution in [3.05, 3.63) is 12.2 Å². The Hall–Kier alpha value is -0.640. The van der Waals surface area contributed by atoms with Gasteiger partial charge in [-0.05, 0) is 78.4 Å². The highest BCUT2D eigenvalue weighted by atomic mass is 31.2. The third-order valence-corrected chi connectivity index (χ3v) is 9.76. The van der Waals surface area contributed by atoms with Gasteiger partial charge in [0.25, 0.3) is 0 Å². The quantitative estimate of drug-likeness (QED) is 0.0228. The highest BCUT2D eigenvalue weighted by molar-refractivity contribution is 7.47. The third kappa shape index (κ3) is 25.4. The van der Waals surface area contributed by atoms with Crippen molar-refractivity contribution in [2.24, 2.45) is 0 Å². The van der Waals surface area contributed by atoms with Gasteiger partial charge in [0, 0.05) is 25.9 Å². The normalized spacial score (nSPS) is 16.1. The summed E-state index contributed by atoms with van der Waals surface area (Å²) in [5, 5.41) is 30.9. The summed E-state index contributed by atoms with van der Waals surface area (Å²) in [6, 6.07) is 0. The Balaban J connectivity index is 4.16. The molecular formula is C36H72NO8P. The van der Waals surface area contributed by atoms with Crippen molar-refractivity contribution in [3.63, 3.8) is 0 Å². The van der Waals surface area contributed by atoms with E-state index in [0.29, 0.717) is 32.1 Å². The zero-order chi connectivity index (χ0) is 34.6. The first-order valence-electron chi connectivity index (χ1n) is 18.5. The molecule has 0 aliphatic carbocycles. The molecule has 0 aromatic rings. The Labute approximate surface area is 282 Å². The van der Waals surface area contributed by atoms with Crippen LogP contribution in [0.1, 0.15) is 168 Å². The zero-order valence-corrected chi connectivity index (χ0v) is 31.0. The minimum absolute atomic E-state index is 0.0590. The Morgan fingerprint density at radius 3 is 1.74 bits per heavy atom. The van der Waals surface area contributed by atoms with Crippen LogP contribution in [-0.4, -0.2) is 76.1 Å². The fourth-order valence-electron chi connectivity index (χ4n) is 5.65. The van der Waals surface area contributed by atoms with E-state index in [1.165, 1.54) is 90.4 Å². The Bertz CT molecular complexity index is 811. The highest BCUT2D eigenvalue weighted by Crippen LogP contribution is 2.48. The summed E-state index contributed by atoms with van der Waals surface area (Å²) >= 11 is 0. The van der Waals surface area contributed by atoms with Crippen LogP contribution in [0.5, 0.6) is 0 Å². The van der Waals surface area contributed by atoms with Gasteiger partial charge in [-0.3, -0.25) is 9.32 Å². The van der Waals surface area contributed by atoms with Gasteiger partial charge < -0.3 is 25.1 Å². The van der Waals surface area contributed by atoms with E-state index in [9.17, 15) is 29.6 Å². The van der Waals surface area contributed by atoms with E-state index in [0.717, 1.165) is 25.8 Å². The molecule has 3 unspecified atom stereocenters. The van der Waals surface area contributed by atoms with Gasteiger partial charge in [0.15, 0.2) is 5.78 Å². The predicted octanol–water partition coefficient (Wildman–Crippen LogP) is 8.62. The summed E-state index contributed by atoms with van der Waals surface area (Å²) in [7, 11) is -0.888. The van der Waals surface area contributed by atoms with Gasteiger partial charge in [0.05, 0.1) is 12.2 Å². The number of carbonyl (C=O) groups excluding carboxylic acids is 1. The van der Waals surface area contributed by atoms with Crippen LogP contribution in [0, 0.1) is 0 Å². The molecule has 0 radical (unpaired) electrons.